The average Bonchev–Trinajstić information content (AvgIpc) is 2.90. The minimum Gasteiger partial charge on any atom is -0.467 e. The van der Waals surface area contributed by atoms with Gasteiger partial charge in [0.25, 0.3) is 5.91 Å². The molecule has 2 rings (SSSR count). The fourth-order valence-corrected chi connectivity index (χ4v) is 2.04. The fraction of sp³-hybridized carbons (Fsp3) is 0.154. The molecule has 1 atom stereocenters. The second kappa shape index (κ2) is 5.84. The highest BCUT2D eigenvalue weighted by atomic mass is 79.9. The lowest BCUT2D eigenvalue weighted by molar-refractivity contribution is 0.0906. The minimum absolute atomic E-state index is 0.219. The van der Waals surface area contributed by atoms with E-state index in [1.807, 2.05) is 6.07 Å². The summed E-state index contributed by atoms with van der Waals surface area (Å²) in [4.78, 5) is 12.0. The van der Waals surface area contributed by atoms with Crippen molar-refractivity contribution in [2.24, 2.45) is 0 Å². The molecule has 0 saturated heterocycles. The maximum absolute atomic E-state index is 12.0. The van der Waals surface area contributed by atoms with Crippen molar-refractivity contribution in [2.75, 3.05) is 6.61 Å². The van der Waals surface area contributed by atoms with E-state index in [1.54, 1.807) is 30.3 Å². The summed E-state index contributed by atoms with van der Waals surface area (Å²) in [5, 5.41) is 12.0. The molecule has 0 aliphatic carbocycles. The van der Waals surface area contributed by atoms with Crippen molar-refractivity contribution in [3.63, 3.8) is 0 Å². The Labute approximate surface area is 113 Å². The molecule has 1 aromatic heterocycles. The van der Waals surface area contributed by atoms with Crippen LogP contribution in [-0.2, 0) is 0 Å². The maximum Gasteiger partial charge on any atom is 0.253 e. The number of carbonyl (C=O) groups is 1. The van der Waals surface area contributed by atoms with E-state index in [-0.39, 0.29) is 12.5 Å². The van der Waals surface area contributed by atoms with Gasteiger partial charge in [0, 0.05) is 4.47 Å². The molecule has 0 spiro atoms. The number of benzene rings is 1. The summed E-state index contributed by atoms with van der Waals surface area (Å²) < 4.78 is 5.87. The largest absolute Gasteiger partial charge is 0.467 e. The molecule has 4 nitrogen and oxygen atoms in total. The first-order valence-corrected chi connectivity index (χ1v) is 6.21. The molecule has 0 bridgehead atoms. The van der Waals surface area contributed by atoms with Gasteiger partial charge < -0.3 is 14.8 Å². The Kier molecular flexibility index (Phi) is 4.17. The number of furan rings is 1. The number of rotatable bonds is 4. The van der Waals surface area contributed by atoms with Crippen LogP contribution in [0, 0.1) is 0 Å². The van der Waals surface area contributed by atoms with Gasteiger partial charge in [0.05, 0.1) is 18.4 Å². The molecule has 0 fully saturated rings. The van der Waals surface area contributed by atoms with Crippen LogP contribution in [0.5, 0.6) is 0 Å². The molecule has 1 aromatic carbocycles. The van der Waals surface area contributed by atoms with Gasteiger partial charge in [-0.3, -0.25) is 4.79 Å². The molecule has 1 unspecified atom stereocenters. The molecule has 2 N–H and O–H groups in total. The summed E-state index contributed by atoms with van der Waals surface area (Å²) in [6.45, 7) is -0.219. The predicted molar refractivity (Wildman–Crippen MR) is 70.1 cm³/mol. The Hall–Kier alpha value is -1.59. The summed E-state index contributed by atoms with van der Waals surface area (Å²) >= 11 is 3.31. The summed E-state index contributed by atoms with van der Waals surface area (Å²) in [6.07, 6.45) is 1.50. The zero-order valence-corrected chi connectivity index (χ0v) is 11.1. The Morgan fingerprint density at radius 1 is 1.33 bits per heavy atom. The zero-order chi connectivity index (χ0) is 13.0. The molecule has 2 aromatic rings. The van der Waals surface area contributed by atoms with Crippen LogP contribution < -0.4 is 5.32 Å². The third-order valence-corrected chi connectivity index (χ3v) is 3.18. The van der Waals surface area contributed by atoms with Crippen LogP contribution in [0.2, 0.25) is 0 Å². The van der Waals surface area contributed by atoms with Crippen LogP contribution in [0.25, 0.3) is 0 Å². The SMILES string of the molecule is O=C(NC(CO)c1ccco1)c1ccccc1Br. The number of carbonyl (C=O) groups excluding carboxylic acids is 1. The minimum atomic E-state index is -0.542. The van der Waals surface area contributed by atoms with Crippen molar-refractivity contribution in [2.45, 2.75) is 6.04 Å². The van der Waals surface area contributed by atoms with Gasteiger partial charge in [0.1, 0.15) is 11.8 Å². The third-order valence-electron chi connectivity index (χ3n) is 2.49. The van der Waals surface area contributed by atoms with Crippen molar-refractivity contribution in [3.05, 3.63) is 58.5 Å². The standard InChI is InChI=1S/C13H12BrNO3/c14-10-5-2-1-4-9(10)13(17)15-11(8-16)12-6-3-7-18-12/h1-7,11,16H,8H2,(H,15,17). The first-order chi connectivity index (χ1) is 8.72. The molecule has 0 aliphatic rings. The van der Waals surface area contributed by atoms with E-state index in [9.17, 15) is 9.90 Å². The summed E-state index contributed by atoms with van der Waals surface area (Å²) in [6, 6.07) is 9.98. The number of halogens is 1. The molecule has 18 heavy (non-hydrogen) atoms. The first kappa shape index (κ1) is 12.9. The highest BCUT2D eigenvalue weighted by Crippen LogP contribution is 2.18. The third kappa shape index (κ3) is 2.80. The molecule has 1 heterocycles. The molecule has 5 heteroatoms. The number of aliphatic hydroxyl groups excluding tert-OH is 1. The molecular formula is C13H12BrNO3. The monoisotopic (exact) mass is 309 g/mol. The van der Waals surface area contributed by atoms with Gasteiger partial charge in [0.2, 0.25) is 0 Å². The second-order valence-electron chi connectivity index (χ2n) is 3.70. The van der Waals surface area contributed by atoms with Gasteiger partial charge >= 0.3 is 0 Å². The van der Waals surface area contributed by atoms with Crippen LogP contribution in [0.1, 0.15) is 22.2 Å². The van der Waals surface area contributed by atoms with E-state index >= 15 is 0 Å². The molecule has 0 saturated carbocycles. The smallest absolute Gasteiger partial charge is 0.253 e. The van der Waals surface area contributed by atoms with Gasteiger partial charge in [-0.2, -0.15) is 0 Å². The van der Waals surface area contributed by atoms with E-state index in [0.717, 1.165) is 0 Å². The highest BCUT2D eigenvalue weighted by Gasteiger charge is 2.18. The summed E-state index contributed by atoms with van der Waals surface area (Å²) in [5.41, 5.74) is 0.516. The van der Waals surface area contributed by atoms with E-state index in [0.29, 0.717) is 15.8 Å². The van der Waals surface area contributed by atoms with Gasteiger partial charge in [-0.15, -0.1) is 0 Å². The maximum atomic E-state index is 12.0. The van der Waals surface area contributed by atoms with E-state index in [4.69, 9.17) is 4.42 Å². The Morgan fingerprint density at radius 3 is 2.72 bits per heavy atom. The van der Waals surface area contributed by atoms with Gasteiger partial charge in [0.15, 0.2) is 0 Å². The van der Waals surface area contributed by atoms with Crippen molar-refractivity contribution in [3.8, 4) is 0 Å². The lowest BCUT2D eigenvalue weighted by atomic mass is 10.2. The fourth-order valence-electron chi connectivity index (χ4n) is 1.58. The topological polar surface area (TPSA) is 62.5 Å². The second-order valence-corrected chi connectivity index (χ2v) is 4.56. The van der Waals surface area contributed by atoms with Gasteiger partial charge in [-0.1, -0.05) is 12.1 Å². The quantitative estimate of drug-likeness (QED) is 0.912. The van der Waals surface area contributed by atoms with Crippen LogP contribution in [0.4, 0.5) is 0 Å². The molecule has 0 radical (unpaired) electrons. The van der Waals surface area contributed by atoms with Crippen molar-refractivity contribution in [1.82, 2.24) is 5.32 Å². The average molecular weight is 310 g/mol. The zero-order valence-electron chi connectivity index (χ0n) is 9.47. The Balaban J connectivity index is 2.14. The van der Waals surface area contributed by atoms with Gasteiger partial charge in [-0.05, 0) is 40.2 Å². The van der Waals surface area contributed by atoms with Crippen molar-refractivity contribution >= 4 is 21.8 Å². The van der Waals surface area contributed by atoms with Crippen LogP contribution in [0.3, 0.4) is 0 Å². The molecule has 94 valence electrons. The van der Waals surface area contributed by atoms with Crippen LogP contribution in [-0.4, -0.2) is 17.6 Å². The lowest BCUT2D eigenvalue weighted by Gasteiger charge is -2.14. The van der Waals surface area contributed by atoms with E-state index in [1.165, 1.54) is 6.26 Å². The Morgan fingerprint density at radius 2 is 2.11 bits per heavy atom. The first-order valence-electron chi connectivity index (χ1n) is 5.42. The van der Waals surface area contributed by atoms with E-state index < -0.39 is 6.04 Å². The lowest BCUT2D eigenvalue weighted by Crippen LogP contribution is -2.30. The van der Waals surface area contributed by atoms with Crippen molar-refractivity contribution in [1.29, 1.82) is 0 Å². The molecular weight excluding hydrogens is 298 g/mol. The summed E-state index contributed by atoms with van der Waals surface area (Å²) in [7, 11) is 0. The molecule has 1 amide bonds. The van der Waals surface area contributed by atoms with E-state index in [2.05, 4.69) is 21.2 Å². The number of aliphatic hydroxyl groups is 1. The number of amides is 1. The normalized spacial score (nSPS) is 12.1. The van der Waals surface area contributed by atoms with Crippen LogP contribution in [0.15, 0.2) is 51.6 Å². The highest BCUT2D eigenvalue weighted by molar-refractivity contribution is 9.10. The van der Waals surface area contributed by atoms with Gasteiger partial charge in [-0.25, -0.2) is 0 Å². The summed E-state index contributed by atoms with van der Waals surface area (Å²) in [5.74, 6) is 0.260. The number of hydrogen-bond acceptors (Lipinski definition) is 3. The molecule has 0 aliphatic heterocycles. The van der Waals surface area contributed by atoms with Crippen molar-refractivity contribution < 1.29 is 14.3 Å². The number of nitrogens with one attached hydrogen (secondary N) is 1. The van der Waals surface area contributed by atoms with Crippen LogP contribution >= 0.6 is 15.9 Å². The number of hydrogen-bond donors (Lipinski definition) is 2. The Bertz CT molecular complexity index is 525. The predicted octanol–water partition coefficient (Wildman–Crippen LogP) is 2.51.